The Kier molecular flexibility index (Phi) is 6.15. The number of hydrogen-bond acceptors (Lipinski definition) is 6. The fourth-order valence-electron chi connectivity index (χ4n) is 3.52. The number of nitrogens with zero attached hydrogens (tertiary/aromatic N) is 4. The van der Waals surface area contributed by atoms with Gasteiger partial charge in [0.25, 0.3) is 0 Å². The van der Waals surface area contributed by atoms with Crippen molar-refractivity contribution in [1.29, 1.82) is 0 Å². The molecule has 0 saturated heterocycles. The van der Waals surface area contributed by atoms with E-state index >= 15 is 0 Å². The van der Waals surface area contributed by atoms with Gasteiger partial charge in [-0.05, 0) is 24.3 Å². The molecule has 0 fully saturated rings. The van der Waals surface area contributed by atoms with Gasteiger partial charge in [0.2, 0.25) is 5.91 Å². The lowest BCUT2D eigenvalue weighted by atomic mass is 10.1. The Hall–Kier alpha value is -3.03. The minimum Gasteiger partial charge on any atom is -0.373 e. The van der Waals surface area contributed by atoms with Crippen LogP contribution >= 0.6 is 11.6 Å². The Balaban J connectivity index is 1.58. The van der Waals surface area contributed by atoms with E-state index in [0.717, 1.165) is 40.6 Å². The van der Waals surface area contributed by atoms with Crippen molar-refractivity contribution in [2.45, 2.75) is 33.5 Å². The largest absolute Gasteiger partial charge is 0.373 e. The minimum absolute atomic E-state index is 0.0191. The van der Waals surface area contributed by atoms with Crippen LogP contribution in [0, 0.1) is 5.92 Å². The molecule has 2 N–H and O–H groups in total. The van der Waals surface area contributed by atoms with Crippen LogP contribution < -0.4 is 10.6 Å². The molecule has 8 heteroatoms. The van der Waals surface area contributed by atoms with E-state index in [-0.39, 0.29) is 11.8 Å². The van der Waals surface area contributed by atoms with E-state index in [4.69, 9.17) is 21.6 Å². The second-order valence-electron chi connectivity index (χ2n) is 7.91. The van der Waals surface area contributed by atoms with Crippen molar-refractivity contribution in [2.24, 2.45) is 5.92 Å². The summed E-state index contributed by atoms with van der Waals surface area (Å²) in [7, 11) is 1.87. The standard InChI is InChI=1S/C23H25ClN6O/c1-14(2)23(31)27-17-6-4-5-15(9-17)21-28-20-13-30(12-19(20)22(25-3)29-21)11-18-8-7-16(24)10-26-18/h4-10,14H,11-13H2,1-3H3,(H,27,31)(H,25,28,29). The molecule has 7 nitrogen and oxygen atoms in total. The monoisotopic (exact) mass is 436 g/mol. The van der Waals surface area contributed by atoms with Crippen LogP contribution in [-0.4, -0.2) is 32.8 Å². The number of benzene rings is 1. The first kappa shape index (κ1) is 21.2. The van der Waals surface area contributed by atoms with E-state index < -0.39 is 0 Å². The fourth-order valence-corrected chi connectivity index (χ4v) is 3.63. The summed E-state index contributed by atoms with van der Waals surface area (Å²) >= 11 is 5.94. The predicted octanol–water partition coefficient (Wildman–Crippen LogP) is 4.34. The molecule has 1 aromatic carbocycles. The molecule has 31 heavy (non-hydrogen) atoms. The summed E-state index contributed by atoms with van der Waals surface area (Å²) in [5.74, 6) is 1.35. The highest BCUT2D eigenvalue weighted by atomic mass is 35.5. The maximum absolute atomic E-state index is 12.0. The average Bonchev–Trinajstić information content (AvgIpc) is 3.17. The lowest BCUT2D eigenvalue weighted by Gasteiger charge is -2.13. The molecule has 0 unspecified atom stereocenters. The highest BCUT2D eigenvalue weighted by molar-refractivity contribution is 6.30. The molecule has 0 spiro atoms. The Labute approximate surface area is 186 Å². The smallest absolute Gasteiger partial charge is 0.226 e. The number of amides is 1. The van der Waals surface area contributed by atoms with Crippen LogP contribution in [0.5, 0.6) is 0 Å². The van der Waals surface area contributed by atoms with E-state index in [0.29, 0.717) is 23.9 Å². The lowest BCUT2D eigenvalue weighted by Crippen LogP contribution is -2.17. The Bertz CT molecular complexity index is 1100. The van der Waals surface area contributed by atoms with Gasteiger partial charge in [-0.3, -0.25) is 14.7 Å². The molecule has 0 atom stereocenters. The van der Waals surface area contributed by atoms with E-state index in [2.05, 4.69) is 20.5 Å². The molecule has 0 bridgehead atoms. The number of fused-ring (bicyclic) bond motifs is 1. The molecule has 0 radical (unpaired) electrons. The third-order valence-electron chi connectivity index (χ3n) is 5.17. The van der Waals surface area contributed by atoms with E-state index in [1.807, 2.05) is 57.3 Å². The first-order chi connectivity index (χ1) is 14.9. The van der Waals surface area contributed by atoms with Crippen LogP contribution in [0.15, 0.2) is 42.6 Å². The molecule has 0 saturated carbocycles. The lowest BCUT2D eigenvalue weighted by molar-refractivity contribution is -0.118. The van der Waals surface area contributed by atoms with Gasteiger partial charge in [0.1, 0.15) is 5.82 Å². The summed E-state index contributed by atoms with van der Waals surface area (Å²) in [4.78, 5) is 28.3. The molecule has 2 aromatic heterocycles. The van der Waals surface area contributed by atoms with Gasteiger partial charge in [0.05, 0.1) is 16.4 Å². The molecule has 3 aromatic rings. The zero-order valence-corrected chi connectivity index (χ0v) is 18.6. The van der Waals surface area contributed by atoms with Gasteiger partial charge >= 0.3 is 0 Å². The van der Waals surface area contributed by atoms with Gasteiger partial charge in [0.15, 0.2) is 5.82 Å². The van der Waals surface area contributed by atoms with Crippen molar-refractivity contribution in [3.63, 3.8) is 0 Å². The SMILES string of the molecule is CNc1nc(-c2cccc(NC(=O)C(C)C)c2)nc2c1CN(Cc1ccc(Cl)cn1)C2. The quantitative estimate of drug-likeness (QED) is 0.598. The van der Waals surface area contributed by atoms with Gasteiger partial charge in [-0.2, -0.15) is 0 Å². The van der Waals surface area contributed by atoms with Crippen molar-refractivity contribution in [2.75, 3.05) is 17.7 Å². The normalized spacial score (nSPS) is 13.3. The number of carbonyl (C=O) groups is 1. The van der Waals surface area contributed by atoms with Crippen LogP contribution in [0.3, 0.4) is 0 Å². The number of carbonyl (C=O) groups excluding carboxylic acids is 1. The third kappa shape index (κ3) is 4.84. The van der Waals surface area contributed by atoms with Crippen molar-refractivity contribution in [3.05, 3.63) is 64.6 Å². The van der Waals surface area contributed by atoms with E-state index in [9.17, 15) is 4.79 Å². The van der Waals surface area contributed by atoms with Gasteiger partial charge in [0, 0.05) is 55.6 Å². The molecule has 1 aliphatic heterocycles. The number of aromatic nitrogens is 3. The second-order valence-corrected chi connectivity index (χ2v) is 8.35. The second kappa shape index (κ2) is 8.99. The summed E-state index contributed by atoms with van der Waals surface area (Å²) in [6.45, 7) is 5.91. The first-order valence-corrected chi connectivity index (χ1v) is 10.6. The average molecular weight is 437 g/mol. The summed E-state index contributed by atoms with van der Waals surface area (Å²) in [5, 5.41) is 6.78. The number of hydrogen-bond donors (Lipinski definition) is 2. The molecule has 0 aliphatic carbocycles. The van der Waals surface area contributed by atoms with Crippen molar-refractivity contribution < 1.29 is 4.79 Å². The Morgan fingerprint density at radius 2 is 2.03 bits per heavy atom. The van der Waals surface area contributed by atoms with Crippen molar-refractivity contribution in [1.82, 2.24) is 19.9 Å². The van der Waals surface area contributed by atoms with Crippen LogP contribution in [0.25, 0.3) is 11.4 Å². The van der Waals surface area contributed by atoms with Gasteiger partial charge in [-0.25, -0.2) is 9.97 Å². The summed E-state index contributed by atoms with van der Waals surface area (Å²) in [5.41, 5.74) is 4.66. The third-order valence-corrected chi connectivity index (χ3v) is 5.40. The molecule has 160 valence electrons. The zero-order chi connectivity index (χ0) is 22.0. The van der Waals surface area contributed by atoms with Crippen LogP contribution in [0.2, 0.25) is 5.02 Å². The summed E-state index contributed by atoms with van der Waals surface area (Å²) in [6.07, 6.45) is 1.67. The molecule has 1 aliphatic rings. The molecule has 3 heterocycles. The maximum atomic E-state index is 12.0. The van der Waals surface area contributed by atoms with E-state index in [1.54, 1.807) is 6.20 Å². The number of anilines is 2. The molecule has 4 rings (SSSR count). The summed E-state index contributed by atoms with van der Waals surface area (Å²) in [6, 6.07) is 11.4. The maximum Gasteiger partial charge on any atom is 0.226 e. The van der Waals surface area contributed by atoms with Gasteiger partial charge in [-0.1, -0.05) is 37.6 Å². The number of halogens is 1. The Morgan fingerprint density at radius 3 is 2.74 bits per heavy atom. The van der Waals surface area contributed by atoms with Crippen LogP contribution in [0.1, 0.15) is 30.8 Å². The molecular formula is C23H25ClN6O. The molecule has 1 amide bonds. The Morgan fingerprint density at radius 1 is 1.19 bits per heavy atom. The molecular weight excluding hydrogens is 412 g/mol. The first-order valence-electron chi connectivity index (χ1n) is 10.2. The number of rotatable bonds is 6. The van der Waals surface area contributed by atoms with Crippen molar-refractivity contribution >= 4 is 29.0 Å². The number of nitrogens with one attached hydrogen (secondary N) is 2. The van der Waals surface area contributed by atoms with E-state index in [1.165, 1.54) is 0 Å². The van der Waals surface area contributed by atoms with Crippen molar-refractivity contribution in [3.8, 4) is 11.4 Å². The minimum atomic E-state index is -0.0862. The highest BCUT2D eigenvalue weighted by Gasteiger charge is 2.25. The summed E-state index contributed by atoms with van der Waals surface area (Å²) < 4.78 is 0. The fraction of sp³-hybridized carbons (Fsp3) is 0.304. The van der Waals surface area contributed by atoms with Gasteiger partial charge < -0.3 is 10.6 Å². The van der Waals surface area contributed by atoms with Gasteiger partial charge in [-0.15, -0.1) is 0 Å². The number of pyridine rings is 1. The predicted molar refractivity (Wildman–Crippen MR) is 123 cm³/mol. The topological polar surface area (TPSA) is 83.0 Å². The van der Waals surface area contributed by atoms with Crippen LogP contribution in [-0.2, 0) is 24.4 Å². The van der Waals surface area contributed by atoms with Crippen LogP contribution in [0.4, 0.5) is 11.5 Å². The zero-order valence-electron chi connectivity index (χ0n) is 17.8. The highest BCUT2D eigenvalue weighted by Crippen LogP contribution is 2.31.